The van der Waals surface area contributed by atoms with Crippen LogP contribution in [0.25, 0.3) is 0 Å². The molecule has 0 saturated heterocycles. The summed E-state index contributed by atoms with van der Waals surface area (Å²) in [7, 11) is 1.70. The van der Waals surface area contributed by atoms with Crippen LogP contribution < -0.4 is 10.1 Å². The molecule has 2 nitrogen and oxygen atoms in total. The van der Waals surface area contributed by atoms with Gasteiger partial charge in [-0.3, -0.25) is 0 Å². The van der Waals surface area contributed by atoms with Crippen LogP contribution in [-0.2, 0) is 6.42 Å². The summed E-state index contributed by atoms with van der Waals surface area (Å²) in [4.78, 5) is 0. The van der Waals surface area contributed by atoms with Gasteiger partial charge in [-0.15, -0.1) is 0 Å². The number of hydrogen-bond donors (Lipinski definition) is 1. The molecule has 0 saturated carbocycles. The Labute approximate surface area is 132 Å². The monoisotopic (exact) mass is 303 g/mol. The molecule has 2 rings (SSSR count). The Morgan fingerprint density at radius 1 is 1.19 bits per heavy atom. The quantitative estimate of drug-likeness (QED) is 0.845. The fourth-order valence-electron chi connectivity index (χ4n) is 2.59. The molecule has 3 heteroatoms. The lowest BCUT2D eigenvalue weighted by Crippen LogP contribution is -2.23. The molecular formula is C18H22ClNO. The highest BCUT2D eigenvalue weighted by Gasteiger charge is 2.16. The maximum absolute atomic E-state index is 6.16. The smallest absolute Gasteiger partial charge is 0.123 e. The number of likely N-dealkylation sites (N-methyl/N-ethyl adjacent to an activating group) is 1. The Balaban J connectivity index is 2.32. The number of aryl methyl sites for hydroxylation is 1. The summed E-state index contributed by atoms with van der Waals surface area (Å²) < 4.78 is 5.49. The molecule has 0 radical (unpaired) electrons. The molecule has 2 aromatic rings. The maximum Gasteiger partial charge on any atom is 0.123 e. The van der Waals surface area contributed by atoms with Crippen LogP contribution in [-0.4, -0.2) is 13.7 Å². The Hall–Kier alpha value is -1.51. The molecule has 0 aliphatic rings. The standard InChI is InChI=1S/C18H22ClNO/c1-4-20-17(11-14-7-5-6-13(2)10-14)16-12-15(19)8-9-18(16)21-3/h5-10,12,17,20H,4,11H2,1-3H3. The zero-order chi connectivity index (χ0) is 15.2. The lowest BCUT2D eigenvalue weighted by Gasteiger charge is -2.21. The summed E-state index contributed by atoms with van der Waals surface area (Å²) in [6, 6.07) is 14.6. The number of benzene rings is 2. The van der Waals surface area contributed by atoms with Gasteiger partial charge in [0.1, 0.15) is 5.75 Å². The third-order valence-corrected chi connectivity index (χ3v) is 3.78. The Bertz CT molecular complexity index is 598. The van der Waals surface area contributed by atoms with Crippen molar-refractivity contribution in [2.75, 3.05) is 13.7 Å². The van der Waals surface area contributed by atoms with Crippen LogP contribution in [0.15, 0.2) is 42.5 Å². The first-order valence-electron chi connectivity index (χ1n) is 7.26. The van der Waals surface area contributed by atoms with E-state index in [-0.39, 0.29) is 6.04 Å². The molecule has 0 heterocycles. The summed E-state index contributed by atoms with van der Waals surface area (Å²) in [5.74, 6) is 0.873. The fourth-order valence-corrected chi connectivity index (χ4v) is 2.77. The van der Waals surface area contributed by atoms with Crippen molar-refractivity contribution in [2.24, 2.45) is 0 Å². The van der Waals surface area contributed by atoms with Gasteiger partial charge < -0.3 is 10.1 Å². The van der Waals surface area contributed by atoms with Crippen molar-refractivity contribution in [2.45, 2.75) is 26.3 Å². The SMILES string of the molecule is CCNC(Cc1cccc(C)c1)c1cc(Cl)ccc1OC. The number of ether oxygens (including phenoxy) is 1. The first-order chi connectivity index (χ1) is 10.1. The lowest BCUT2D eigenvalue weighted by molar-refractivity contribution is 0.399. The average molecular weight is 304 g/mol. The summed E-state index contributed by atoms with van der Waals surface area (Å²) in [5.41, 5.74) is 3.69. The van der Waals surface area contributed by atoms with Crippen molar-refractivity contribution in [3.05, 3.63) is 64.2 Å². The second-order valence-electron chi connectivity index (χ2n) is 5.19. The van der Waals surface area contributed by atoms with E-state index in [2.05, 4.69) is 43.4 Å². The molecule has 0 spiro atoms. The van der Waals surface area contributed by atoms with E-state index in [1.54, 1.807) is 7.11 Å². The van der Waals surface area contributed by atoms with E-state index in [4.69, 9.17) is 16.3 Å². The van der Waals surface area contributed by atoms with Gasteiger partial charge in [-0.2, -0.15) is 0 Å². The molecule has 0 aliphatic heterocycles. The van der Waals surface area contributed by atoms with Crippen LogP contribution in [0.3, 0.4) is 0 Å². The molecule has 0 fully saturated rings. The van der Waals surface area contributed by atoms with E-state index >= 15 is 0 Å². The second kappa shape index (κ2) is 7.48. The van der Waals surface area contributed by atoms with Gasteiger partial charge in [0.2, 0.25) is 0 Å². The van der Waals surface area contributed by atoms with E-state index in [0.29, 0.717) is 0 Å². The molecule has 0 aromatic heterocycles. The molecule has 0 aliphatic carbocycles. The number of halogens is 1. The molecule has 21 heavy (non-hydrogen) atoms. The van der Waals surface area contributed by atoms with E-state index < -0.39 is 0 Å². The molecular weight excluding hydrogens is 282 g/mol. The zero-order valence-corrected chi connectivity index (χ0v) is 13.6. The number of hydrogen-bond acceptors (Lipinski definition) is 2. The van der Waals surface area contributed by atoms with E-state index in [0.717, 1.165) is 29.3 Å². The first kappa shape index (κ1) is 15.9. The van der Waals surface area contributed by atoms with Crippen LogP contribution >= 0.6 is 11.6 Å². The minimum atomic E-state index is 0.186. The van der Waals surface area contributed by atoms with Gasteiger partial charge in [-0.1, -0.05) is 48.4 Å². The topological polar surface area (TPSA) is 21.3 Å². The van der Waals surface area contributed by atoms with Crippen LogP contribution in [0.2, 0.25) is 5.02 Å². The normalized spacial score (nSPS) is 12.2. The lowest BCUT2D eigenvalue weighted by atomic mass is 9.97. The highest BCUT2D eigenvalue weighted by Crippen LogP contribution is 2.30. The maximum atomic E-state index is 6.16. The molecule has 1 unspecified atom stereocenters. The van der Waals surface area contributed by atoms with Crippen LogP contribution in [0.5, 0.6) is 5.75 Å². The minimum Gasteiger partial charge on any atom is -0.496 e. The predicted octanol–water partition coefficient (Wildman–Crippen LogP) is 4.55. The van der Waals surface area contributed by atoms with Gasteiger partial charge in [0, 0.05) is 16.6 Å². The predicted molar refractivity (Wildman–Crippen MR) is 89.3 cm³/mol. The summed E-state index contributed by atoms with van der Waals surface area (Å²) in [5, 5.41) is 4.26. The Morgan fingerprint density at radius 3 is 2.67 bits per heavy atom. The van der Waals surface area contributed by atoms with Crippen molar-refractivity contribution >= 4 is 11.6 Å². The molecule has 0 bridgehead atoms. The zero-order valence-electron chi connectivity index (χ0n) is 12.8. The number of nitrogens with one attached hydrogen (secondary N) is 1. The van der Waals surface area contributed by atoms with Gasteiger partial charge in [0.15, 0.2) is 0 Å². The summed E-state index contributed by atoms with van der Waals surface area (Å²) in [6.45, 7) is 5.12. The Kier molecular flexibility index (Phi) is 5.66. The third-order valence-electron chi connectivity index (χ3n) is 3.54. The molecule has 112 valence electrons. The summed E-state index contributed by atoms with van der Waals surface area (Å²) >= 11 is 6.16. The highest BCUT2D eigenvalue weighted by molar-refractivity contribution is 6.30. The van der Waals surface area contributed by atoms with E-state index in [1.807, 2.05) is 18.2 Å². The van der Waals surface area contributed by atoms with E-state index in [9.17, 15) is 0 Å². The van der Waals surface area contributed by atoms with Crippen molar-refractivity contribution < 1.29 is 4.74 Å². The Morgan fingerprint density at radius 2 is 2.00 bits per heavy atom. The number of methoxy groups -OCH3 is 1. The van der Waals surface area contributed by atoms with E-state index in [1.165, 1.54) is 11.1 Å². The molecule has 0 amide bonds. The minimum absolute atomic E-state index is 0.186. The largest absolute Gasteiger partial charge is 0.496 e. The van der Waals surface area contributed by atoms with Gasteiger partial charge in [-0.25, -0.2) is 0 Å². The first-order valence-corrected chi connectivity index (χ1v) is 7.64. The molecule has 1 atom stereocenters. The van der Waals surface area contributed by atoms with Crippen molar-refractivity contribution in [3.8, 4) is 5.75 Å². The van der Waals surface area contributed by atoms with Crippen LogP contribution in [0.4, 0.5) is 0 Å². The third kappa shape index (κ3) is 4.23. The van der Waals surface area contributed by atoms with Crippen molar-refractivity contribution in [1.82, 2.24) is 5.32 Å². The number of rotatable bonds is 6. The van der Waals surface area contributed by atoms with Gasteiger partial charge in [-0.05, 0) is 43.7 Å². The average Bonchev–Trinajstić information content (AvgIpc) is 2.47. The van der Waals surface area contributed by atoms with Crippen LogP contribution in [0.1, 0.15) is 29.7 Å². The highest BCUT2D eigenvalue weighted by atomic mass is 35.5. The van der Waals surface area contributed by atoms with Crippen molar-refractivity contribution in [3.63, 3.8) is 0 Å². The molecule has 2 aromatic carbocycles. The van der Waals surface area contributed by atoms with Gasteiger partial charge in [0.25, 0.3) is 0 Å². The second-order valence-corrected chi connectivity index (χ2v) is 5.63. The fraction of sp³-hybridized carbons (Fsp3) is 0.333. The van der Waals surface area contributed by atoms with Crippen molar-refractivity contribution in [1.29, 1.82) is 0 Å². The van der Waals surface area contributed by atoms with Gasteiger partial charge in [0.05, 0.1) is 7.11 Å². The molecule has 1 N–H and O–H groups in total. The van der Waals surface area contributed by atoms with Gasteiger partial charge >= 0.3 is 0 Å². The summed E-state index contributed by atoms with van der Waals surface area (Å²) in [6.07, 6.45) is 0.909. The van der Waals surface area contributed by atoms with Crippen LogP contribution in [0, 0.1) is 6.92 Å².